The monoisotopic (exact) mass is 215 g/mol. The Morgan fingerprint density at radius 3 is 2.36 bits per heavy atom. The Balaban J connectivity index is 2.97. The molecule has 1 N–H and O–H groups in total. The van der Waals surface area contributed by atoms with Gasteiger partial charge in [0.05, 0.1) is 5.69 Å². The molecule has 0 spiro atoms. The highest BCUT2D eigenvalue weighted by Crippen LogP contribution is 2.12. The van der Waals surface area contributed by atoms with Crippen molar-refractivity contribution in [2.24, 2.45) is 0 Å². The van der Waals surface area contributed by atoms with Gasteiger partial charge in [-0.05, 0) is 25.0 Å². The molecule has 0 atom stereocenters. The zero-order chi connectivity index (χ0) is 10.9. The largest absolute Gasteiger partial charge is 0.358 e. The number of carbonyl (C=O) groups is 1. The van der Waals surface area contributed by atoms with Crippen LogP contribution in [0.3, 0.4) is 0 Å². The third kappa shape index (κ3) is 2.45. The molecule has 0 unspecified atom stereocenters. The van der Waals surface area contributed by atoms with Crippen LogP contribution in [0.5, 0.6) is 0 Å². The van der Waals surface area contributed by atoms with E-state index in [0.717, 1.165) is 17.4 Å². The molecule has 1 heterocycles. The highest BCUT2D eigenvalue weighted by atomic mass is 32.2. The van der Waals surface area contributed by atoms with Gasteiger partial charge in [-0.2, -0.15) is 0 Å². The van der Waals surface area contributed by atoms with Crippen LogP contribution in [-0.2, 0) is 9.84 Å². The summed E-state index contributed by atoms with van der Waals surface area (Å²) in [6.07, 6.45) is 2.75. The van der Waals surface area contributed by atoms with Crippen molar-refractivity contribution in [1.82, 2.24) is 4.98 Å². The lowest BCUT2D eigenvalue weighted by atomic mass is 10.1. The van der Waals surface area contributed by atoms with Crippen molar-refractivity contribution in [2.45, 2.75) is 13.8 Å². The molecule has 0 aliphatic rings. The van der Waals surface area contributed by atoms with Gasteiger partial charge in [0.2, 0.25) is 0 Å². The lowest BCUT2D eigenvalue weighted by Gasteiger charge is -1.98. The Labute approximate surface area is 83.3 Å². The molecule has 0 saturated heterocycles. The molecule has 78 valence electrons. The van der Waals surface area contributed by atoms with Gasteiger partial charge in [-0.25, -0.2) is 8.42 Å². The van der Waals surface area contributed by atoms with Crippen molar-refractivity contribution in [3.05, 3.63) is 23.0 Å². The number of H-pyrrole nitrogens is 1. The minimum absolute atomic E-state index is 0.377. The van der Waals surface area contributed by atoms with Crippen LogP contribution in [0.1, 0.15) is 21.6 Å². The Hall–Kier alpha value is -1.10. The number of hydrogen-bond donors (Lipinski definition) is 1. The third-order valence-electron chi connectivity index (χ3n) is 2.07. The minimum Gasteiger partial charge on any atom is -0.358 e. The molecule has 4 nitrogen and oxygen atoms in total. The fraction of sp³-hybridized carbons (Fsp3) is 0.444. The number of Topliss-reactive ketones (excluding diaryl/α,β-unsaturated/α-hetero) is 1. The Bertz CT molecular complexity index is 456. The summed E-state index contributed by atoms with van der Waals surface area (Å²) in [4.78, 5) is 14.3. The number of ketones is 1. The molecule has 0 fully saturated rings. The highest BCUT2D eigenvalue weighted by molar-refractivity contribution is 7.91. The van der Waals surface area contributed by atoms with E-state index in [1.165, 1.54) is 0 Å². The normalized spacial score (nSPS) is 11.6. The number of aryl methyl sites for hydroxylation is 1. The lowest BCUT2D eigenvalue weighted by molar-refractivity contribution is 0.101. The number of sulfone groups is 1. The topological polar surface area (TPSA) is 67.0 Å². The zero-order valence-electron chi connectivity index (χ0n) is 8.42. The maximum absolute atomic E-state index is 11.5. The summed E-state index contributed by atoms with van der Waals surface area (Å²) < 4.78 is 21.8. The molecule has 1 rings (SSSR count). The van der Waals surface area contributed by atoms with Gasteiger partial charge >= 0.3 is 0 Å². The molecular weight excluding hydrogens is 202 g/mol. The molecule has 5 heteroatoms. The predicted molar refractivity (Wildman–Crippen MR) is 54.3 cm³/mol. The fourth-order valence-electron chi connectivity index (χ4n) is 1.19. The summed E-state index contributed by atoms with van der Waals surface area (Å²) in [7, 11) is -3.25. The number of rotatable bonds is 3. The molecule has 0 amide bonds. The van der Waals surface area contributed by atoms with Crippen molar-refractivity contribution in [1.29, 1.82) is 0 Å². The van der Waals surface area contributed by atoms with Gasteiger partial charge in [0.15, 0.2) is 15.6 Å². The average molecular weight is 215 g/mol. The first-order valence-electron chi connectivity index (χ1n) is 4.17. The second-order valence-electron chi connectivity index (χ2n) is 3.46. The molecule has 1 aromatic heterocycles. The third-order valence-corrected chi connectivity index (χ3v) is 2.86. The van der Waals surface area contributed by atoms with Crippen molar-refractivity contribution in [2.75, 3.05) is 12.0 Å². The van der Waals surface area contributed by atoms with E-state index in [-0.39, 0.29) is 5.78 Å². The minimum atomic E-state index is -3.25. The molecule has 14 heavy (non-hydrogen) atoms. The number of aromatic nitrogens is 1. The first-order valence-corrected chi connectivity index (χ1v) is 6.23. The van der Waals surface area contributed by atoms with Gasteiger partial charge in [-0.15, -0.1) is 0 Å². The molecule has 0 saturated carbocycles. The zero-order valence-corrected chi connectivity index (χ0v) is 9.23. The van der Waals surface area contributed by atoms with Crippen LogP contribution in [0.25, 0.3) is 0 Å². The first-order chi connectivity index (χ1) is 6.31. The fourth-order valence-corrected chi connectivity index (χ4v) is 1.81. The van der Waals surface area contributed by atoms with Crippen LogP contribution in [0.4, 0.5) is 0 Å². The lowest BCUT2D eigenvalue weighted by Crippen LogP contribution is -2.15. The van der Waals surface area contributed by atoms with Gasteiger partial charge in [-0.3, -0.25) is 4.79 Å². The van der Waals surface area contributed by atoms with Crippen molar-refractivity contribution < 1.29 is 13.2 Å². The van der Waals surface area contributed by atoms with Gasteiger partial charge in [0.1, 0.15) is 5.75 Å². The van der Waals surface area contributed by atoms with Gasteiger partial charge in [0, 0.05) is 12.5 Å². The maximum Gasteiger partial charge on any atom is 0.194 e. The van der Waals surface area contributed by atoms with Crippen LogP contribution >= 0.6 is 0 Å². The number of aromatic amines is 1. The predicted octanol–water partition coefficient (Wildman–Crippen LogP) is 0.859. The van der Waals surface area contributed by atoms with E-state index in [1.807, 2.05) is 6.92 Å². The van der Waals surface area contributed by atoms with Gasteiger partial charge < -0.3 is 4.98 Å². The maximum atomic E-state index is 11.5. The Morgan fingerprint density at radius 2 is 2.00 bits per heavy atom. The van der Waals surface area contributed by atoms with E-state index < -0.39 is 15.6 Å². The quantitative estimate of drug-likeness (QED) is 0.760. The molecular formula is C9H13NO3S. The molecule has 0 aliphatic carbocycles. The summed E-state index contributed by atoms with van der Waals surface area (Å²) in [5.41, 5.74) is 2.17. The summed E-state index contributed by atoms with van der Waals surface area (Å²) in [5, 5.41) is 0. The van der Waals surface area contributed by atoms with E-state index in [0.29, 0.717) is 5.69 Å². The van der Waals surface area contributed by atoms with Gasteiger partial charge in [0.25, 0.3) is 0 Å². The van der Waals surface area contributed by atoms with E-state index in [2.05, 4.69) is 4.98 Å². The van der Waals surface area contributed by atoms with Crippen LogP contribution in [0.2, 0.25) is 0 Å². The molecule has 0 aliphatic heterocycles. The molecule has 0 radical (unpaired) electrons. The van der Waals surface area contributed by atoms with E-state index in [1.54, 1.807) is 13.1 Å². The van der Waals surface area contributed by atoms with Crippen LogP contribution < -0.4 is 0 Å². The molecule has 1 aromatic rings. The number of carbonyl (C=O) groups excluding carboxylic acids is 1. The van der Waals surface area contributed by atoms with Crippen LogP contribution in [0, 0.1) is 13.8 Å². The van der Waals surface area contributed by atoms with Crippen LogP contribution in [0.15, 0.2) is 6.20 Å². The van der Waals surface area contributed by atoms with E-state index >= 15 is 0 Å². The second-order valence-corrected chi connectivity index (χ2v) is 5.61. The SMILES string of the molecule is Cc1c[nH]c(C(=O)CS(C)(=O)=O)c1C. The number of hydrogen-bond acceptors (Lipinski definition) is 3. The smallest absolute Gasteiger partial charge is 0.194 e. The molecule has 0 bridgehead atoms. The standard InChI is InChI=1S/C9H13NO3S/c1-6-4-10-9(7(6)2)8(11)5-14(3,12)13/h4,10H,5H2,1-3H3. The summed E-state index contributed by atoms with van der Waals surface area (Å²) in [5.74, 6) is -0.813. The average Bonchev–Trinajstić information content (AvgIpc) is 2.29. The van der Waals surface area contributed by atoms with Crippen molar-refractivity contribution in [3.63, 3.8) is 0 Å². The van der Waals surface area contributed by atoms with Crippen LogP contribution in [-0.4, -0.2) is 31.2 Å². The summed E-state index contributed by atoms with van der Waals surface area (Å²) >= 11 is 0. The van der Waals surface area contributed by atoms with E-state index in [9.17, 15) is 13.2 Å². The summed E-state index contributed by atoms with van der Waals surface area (Å²) in [6.45, 7) is 3.66. The second kappa shape index (κ2) is 3.57. The molecule has 0 aromatic carbocycles. The number of nitrogens with one attached hydrogen (secondary N) is 1. The summed E-state index contributed by atoms with van der Waals surface area (Å²) in [6, 6.07) is 0. The highest BCUT2D eigenvalue weighted by Gasteiger charge is 2.17. The Kier molecular flexibility index (Phi) is 2.80. The first kappa shape index (κ1) is 11.0. The van der Waals surface area contributed by atoms with Crippen molar-refractivity contribution >= 4 is 15.6 Å². The Morgan fingerprint density at radius 1 is 1.43 bits per heavy atom. The van der Waals surface area contributed by atoms with Crippen molar-refractivity contribution in [3.8, 4) is 0 Å². The van der Waals surface area contributed by atoms with E-state index in [4.69, 9.17) is 0 Å². The van der Waals surface area contributed by atoms with Gasteiger partial charge in [-0.1, -0.05) is 0 Å².